The number of esters is 1. The molecule has 3 rings (SSSR count). The van der Waals surface area contributed by atoms with Gasteiger partial charge in [-0.25, -0.2) is 0 Å². The summed E-state index contributed by atoms with van der Waals surface area (Å²) >= 11 is 5.93. The van der Waals surface area contributed by atoms with E-state index in [4.69, 9.17) is 16.3 Å². The summed E-state index contributed by atoms with van der Waals surface area (Å²) in [6.07, 6.45) is 1.79. The molecule has 2 aromatic rings. The topological polar surface area (TPSA) is 59.2 Å². The molecule has 0 unspecified atom stereocenters. The van der Waals surface area contributed by atoms with Crippen molar-refractivity contribution in [2.45, 2.75) is 19.8 Å². The molecule has 0 spiro atoms. The Labute approximate surface area is 114 Å². The Kier molecular flexibility index (Phi) is 2.82. The molecule has 5 heteroatoms. The van der Waals surface area contributed by atoms with Crippen LogP contribution in [0.1, 0.15) is 30.3 Å². The zero-order chi connectivity index (χ0) is 13.6. The lowest BCUT2D eigenvalue weighted by Gasteiger charge is -2.02. The van der Waals surface area contributed by atoms with E-state index in [0.29, 0.717) is 27.4 Å². The fraction of sp³-hybridized carbons (Fsp3) is 0.286. The lowest BCUT2D eigenvalue weighted by atomic mass is 10.1. The van der Waals surface area contributed by atoms with E-state index in [1.165, 1.54) is 6.92 Å². The number of halogens is 1. The molecular formula is C14H12ClNO3. The molecule has 19 heavy (non-hydrogen) atoms. The van der Waals surface area contributed by atoms with Crippen molar-refractivity contribution in [2.24, 2.45) is 5.92 Å². The van der Waals surface area contributed by atoms with Gasteiger partial charge in [-0.2, -0.15) is 0 Å². The lowest BCUT2D eigenvalue weighted by Crippen LogP contribution is -2.08. The van der Waals surface area contributed by atoms with Crippen LogP contribution in [0.4, 0.5) is 0 Å². The van der Waals surface area contributed by atoms with Gasteiger partial charge in [0.15, 0.2) is 11.5 Å². The monoisotopic (exact) mass is 277 g/mol. The molecule has 98 valence electrons. The van der Waals surface area contributed by atoms with Crippen LogP contribution in [-0.4, -0.2) is 16.7 Å². The number of rotatable bonds is 3. The third-order valence-electron chi connectivity index (χ3n) is 3.15. The molecule has 1 saturated carbocycles. The van der Waals surface area contributed by atoms with E-state index in [1.807, 2.05) is 0 Å². The number of carbonyl (C=O) groups is 2. The van der Waals surface area contributed by atoms with E-state index in [0.717, 1.165) is 12.8 Å². The van der Waals surface area contributed by atoms with Crippen molar-refractivity contribution in [3.05, 3.63) is 28.9 Å². The fourth-order valence-corrected chi connectivity index (χ4v) is 2.29. The third-order valence-corrected chi connectivity index (χ3v) is 3.39. The molecule has 1 fully saturated rings. The van der Waals surface area contributed by atoms with Crippen molar-refractivity contribution in [1.29, 1.82) is 0 Å². The molecule has 1 aliphatic rings. The zero-order valence-corrected chi connectivity index (χ0v) is 11.1. The summed E-state index contributed by atoms with van der Waals surface area (Å²) in [5.41, 5.74) is 1.07. The Morgan fingerprint density at radius 2 is 2.11 bits per heavy atom. The van der Waals surface area contributed by atoms with Crippen LogP contribution < -0.4 is 4.74 Å². The number of fused-ring (bicyclic) bond motifs is 1. The van der Waals surface area contributed by atoms with Gasteiger partial charge in [0.05, 0.1) is 5.52 Å². The number of H-pyrrole nitrogens is 1. The van der Waals surface area contributed by atoms with Crippen LogP contribution in [0.25, 0.3) is 10.9 Å². The summed E-state index contributed by atoms with van der Waals surface area (Å²) in [6, 6.07) is 5.17. The second kappa shape index (κ2) is 4.38. The van der Waals surface area contributed by atoms with Crippen molar-refractivity contribution in [1.82, 2.24) is 4.98 Å². The van der Waals surface area contributed by atoms with Crippen molar-refractivity contribution < 1.29 is 14.3 Å². The number of aromatic amines is 1. The van der Waals surface area contributed by atoms with Gasteiger partial charge in [0.2, 0.25) is 0 Å². The second-order valence-corrected chi connectivity index (χ2v) is 5.19. The summed E-state index contributed by atoms with van der Waals surface area (Å²) in [6.45, 7) is 1.32. The van der Waals surface area contributed by atoms with Crippen LogP contribution >= 0.6 is 11.6 Å². The minimum Gasteiger partial charge on any atom is -0.424 e. The molecule has 1 heterocycles. The smallest absolute Gasteiger partial charge is 0.308 e. The molecule has 1 aromatic heterocycles. The summed E-state index contributed by atoms with van der Waals surface area (Å²) in [7, 11) is 0. The van der Waals surface area contributed by atoms with Gasteiger partial charge in [0.25, 0.3) is 0 Å². The number of carbonyl (C=O) groups excluding carboxylic acids is 2. The summed E-state index contributed by atoms with van der Waals surface area (Å²) in [4.78, 5) is 26.4. The molecule has 0 amide bonds. The van der Waals surface area contributed by atoms with Crippen molar-refractivity contribution in [3.8, 4) is 5.75 Å². The Balaban J connectivity index is 2.17. The summed E-state index contributed by atoms with van der Waals surface area (Å²) in [5, 5.41) is 1.26. The number of Topliss-reactive ketones (excluding diaryl/α,β-unsaturated/α-hetero) is 1. The predicted molar refractivity (Wildman–Crippen MR) is 71.7 cm³/mol. The molecular weight excluding hydrogens is 266 g/mol. The number of ketones is 1. The van der Waals surface area contributed by atoms with Gasteiger partial charge in [-0.1, -0.05) is 11.6 Å². The Morgan fingerprint density at radius 1 is 1.37 bits per heavy atom. The first-order valence-electron chi connectivity index (χ1n) is 6.10. The first-order valence-corrected chi connectivity index (χ1v) is 6.48. The lowest BCUT2D eigenvalue weighted by molar-refractivity contribution is -0.131. The van der Waals surface area contributed by atoms with Crippen molar-refractivity contribution in [3.63, 3.8) is 0 Å². The van der Waals surface area contributed by atoms with Gasteiger partial charge in [-0.15, -0.1) is 0 Å². The number of aromatic nitrogens is 1. The van der Waals surface area contributed by atoms with Crippen molar-refractivity contribution in [2.75, 3.05) is 0 Å². The zero-order valence-electron chi connectivity index (χ0n) is 10.3. The number of hydrogen-bond acceptors (Lipinski definition) is 3. The van der Waals surface area contributed by atoms with E-state index in [1.54, 1.807) is 18.2 Å². The molecule has 0 radical (unpaired) electrons. The van der Waals surface area contributed by atoms with Gasteiger partial charge < -0.3 is 9.72 Å². The van der Waals surface area contributed by atoms with Crippen molar-refractivity contribution >= 4 is 34.3 Å². The van der Waals surface area contributed by atoms with E-state index in [9.17, 15) is 9.59 Å². The maximum absolute atomic E-state index is 12.2. The normalized spacial score (nSPS) is 14.6. The molecule has 4 nitrogen and oxygen atoms in total. The molecule has 1 aromatic carbocycles. The Bertz CT molecular complexity index is 685. The average Bonchev–Trinajstić information content (AvgIpc) is 3.13. The first kappa shape index (κ1) is 12.2. The van der Waals surface area contributed by atoms with Gasteiger partial charge in [0, 0.05) is 23.3 Å². The maximum Gasteiger partial charge on any atom is 0.308 e. The molecule has 1 N–H and O–H groups in total. The molecule has 0 aliphatic heterocycles. The number of nitrogens with one attached hydrogen (secondary N) is 1. The van der Waals surface area contributed by atoms with Crippen LogP contribution in [-0.2, 0) is 4.79 Å². The van der Waals surface area contributed by atoms with Crippen LogP contribution in [0.2, 0.25) is 5.02 Å². The standard InChI is InChI=1S/C14H12ClNO3/c1-7(17)19-14-10-5-4-9(15)6-11(10)16-12(14)13(18)8-2-3-8/h4-6,8,16H,2-3H2,1H3. The highest BCUT2D eigenvalue weighted by atomic mass is 35.5. The van der Waals surface area contributed by atoms with Gasteiger partial charge in [-0.3, -0.25) is 9.59 Å². The maximum atomic E-state index is 12.2. The highest BCUT2D eigenvalue weighted by molar-refractivity contribution is 6.31. The van der Waals surface area contributed by atoms with Gasteiger partial charge >= 0.3 is 5.97 Å². The van der Waals surface area contributed by atoms with E-state index < -0.39 is 5.97 Å². The van der Waals surface area contributed by atoms with E-state index in [2.05, 4.69) is 4.98 Å². The number of benzene rings is 1. The summed E-state index contributed by atoms with van der Waals surface area (Å²) in [5.74, 6) is -0.0711. The van der Waals surface area contributed by atoms with Crippen LogP contribution in [0.3, 0.4) is 0 Å². The Morgan fingerprint density at radius 3 is 2.74 bits per heavy atom. The fourth-order valence-electron chi connectivity index (χ4n) is 2.12. The molecule has 0 bridgehead atoms. The quantitative estimate of drug-likeness (QED) is 0.691. The second-order valence-electron chi connectivity index (χ2n) is 4.75. The summed E-state index contributed by atoms with van der Waals surface area (Å²) < 4.78 is 5.20. The molecule has 0 saturated heterocycles. The van der Waals surface area contributed by atoms with Crippen LogP contribution in [0.15, 0.2) is 18.2 Å². The SMILES string of the molecule is CC(=O)Oc1c(C(=O)C2CC2)[nH]c2cc(Cl)ccc12. The predicted octanol–water partition coefficient (Wildman–Crippen LogP) is 3.34. The largest absolute Gasteiger partial charge is 0.424 e. The molecule has 0 atom stereocenters. The van der Waals surface area contributed by atoms with Gasteiger partial charge in [0.1, 0.15) is 5.69 Å². The minimum absolute atomic E-state index is 0.00331. The van der Waals surface area contributed by atoms with Crippen LogP contribution in [0.5, 0.6) is 5.75 Å². The van der Waals surface area contributed by atoms with E-state index in [-0.39, 0.29) is 11.7 Å². The number of hydrogen-bond donors (Lipinski definition) is 1. The number of ether oxygens (including phenoxy) is 1. The Hall–Kier alpha value is -1.81. The minimum atomic E-state index is -0.444. The van der Waals surface area contributed by atoms with Gasteiger partial charge in [-0.05, 0) is 31.0 Å². The third kappa shape index (κ3) is 2.24. The average molecular weight is 278 g/mol. The van der Waals surface area contributed by atoms with Crippen LogP contribution in [0, 0.1) is 5.92 Å². The molecule has 1 aliphatic carbocycles. The highest BCUT2D eigenvalue weighted by Gasteiger charge is 2.34. The first-order chi connectivity index (χ1) is 9.06. The van der Waals surface area contributed by atoms with E-state index >= 15 is 0 Å². The highest BCUT2D eigenvalue weighted by Crippen LogP contribution is 2.38.